The number of rotatable bonds is 4. The lowest BCUT2D eigenvalue weighted by molar-refractivity contribution is -0.384. The second-order valence-corrected chi connectivity index (χ2v) is 3.51. The predicted octanol–water partition coefficient (Wildman–Crippen LogP) is 2.54. The first-order chi connectivity index (χ1) is 8.66. The van der Waals surface area contributed by atoms with Gasteiger partial charge in [0, 0.05) is 12.1 Å². The van der Waals surface area contributed by atoms with Crippen LogP contribution in [0.4, 0.5) is 5.69 Å². The fourth-order valence-corrected chi connectivity index (χ4v) is 1.33. The quantitative estimate of drug-likeness (QED) is 0.471. The number of hydrogen-bond donors (Lipinski definition) is 0. The lowest BCUT2D eigenvalue weighted by Gasteiger charge is -2.02. The molecule has 0 radical (unpaired) electrons. The average molecular weight is 247 g/mol. The maximum atomic E-state index is 11.5. The molecule has 0 bridgehead atoms. The van der Waals surface area contributed by atoms with E-state index in [1.54, 1.807) is 12.1 Å². The van der Waals surface area contributed by atoms with Gasteiger partial charge in [-0.2, -0.15) is 0 Å². The first-order valence-electron chi connectivity index (χ1n) is 5.09. The summed E-state index contributed by atoms with van der Waals surface area (Å²) >= 11 is 0. The van der Waals surface area contributed by atoms with Crippen LogP contribution in [0, 0.1) is 10.1 Å². The van der Waals surface area contributed by atoms with Crippen LogP contribution in [0.2, 0.25) is 0 Å². The Kier molecular flexibility index (Phi) is 3.38. The summed E-state index contributed by atoms with van der Waals surface area (Å²) in [5, 5.41) is 10.4. The largest absolute Gasteiger partial charge is 0.472 e. The van der Waals surface area contributed by atoms with Crippen molar-refractivity contribution < 1.29 is 18.9 Å². The zero-order valence-electron chi connectivity index (χ0n) is 9.24. The number of nitro benzene ring substituents is 1. The van der Waals surface area contributed by atoms with Gasteiger partial charge in [0.1, 0.15) is 12.9 Å². The van der Waals surface area contributed by atoms with Crippen LogP contribution in [-0.4, -0.2) is 10.9 Å². The van der Waals surface area contributed by atoms with Crippen LogP contribution in [0.1, 0.15) is 15.9 Å². The predicted molar refractivity (Wildman–Crippen MR) is 60.9 cm³/mol. The van der Waals surface area contributed by atoms with Crippen molar-refractivity contribution in [2.45, 2.75) is 6.61 Å². The molecule has 2 aromatic rings. The van der Waals surface area contributed by atoms with E-state index in [1.165, 1.54) is 30.7 Å². The molecule has 0 atom stereocenters. The molecule has 6 nitrogen and oxygen atoms in total. The third-order valence-corrected chi connectivity index (χ3v) is 2.27. The lowest BCUT2D eigenvalue weighted by atomic mass is 10.2. The minimum absolute atomic E-state index is 0.0000823. The van der Waals surface area contributed by atoms with Gasteiger partial charge in [-0.3, -0.25) is 10.1 Å². The van der Waals surface area contributed by atoms with Gasteiger partial charge in [0.15, 0.2) is 0 Å². The Morgan fingerprint density at radius 1 is 1.28 bits per heavy atom. The number of non-ortho nitro benzene ring substituents is 1. The molecule has 0 aliphatic carbocycles. The number of furan rings is 1. The summed E-state index contributed by atoms with van der Waals surface area (Å²) in [5.74, 6) is -0.498. The van der Waals surface area contributed by atoms with Crippen LogP contribution in [-0.2, 0) is 11.3 Å². The third kappa shape index (κ3) is 2.73. The van der Waals surface area contributed by atoms with E-state index in [-0.39, 0.29) is 12.3 Å². The highest BCUT2D eigenvalue weighted by atomic mass is 16.6. The summed E-state index contributed by atoms with van der Waals surface area (Å²) in [6, 6.07) is 7.31. The first-order valence-corrected chi connectivity index (χ1v) is 5.09. The minimum Gasteiger partial charge on any atom is -0.472 e. The molecule has 0 spiro atoms. The number of carbonyl (C=O) groups is 1. The molecule has 92 valence electrons. The summed E-state index contributed by atoms with van der Waals surface area (Å²) in [5.41, 5.74) is 1.01. The Balaban J connectivity index is 1.94. The second kappa shape index (κ2) is 5.13. The number of nitro groups is 1. The molecular weight excluding hydrogens is 238 g/mol. The third-order valence-electron chi connectivity index (χ3n) is 2.27. The van der Waals surface area contributed by atoms with E-state index in [1.807, 2.05) is 0 Å². The number of benzene rings is 1. The van der Waals surface area contributed by atoms with Crippen LogP contribution in [0.15, 0.2) is 47.3 Å². The summed E-state index contributed by atoms with van der Waals surface area (Å²) in [6.07, 6.45) is 2.67. The molecule has 1 aromatic carbocycles. The molecule has 0 N–H and O–H groups in total. The summed E-state index contributed by atoms with van der Waals surface area (Å²) in [4.78, 5) is 21.4. The van der Waals surface area contributed by atoms with Crippen molar-refractivity contribution in [1.29, 1.82) is 0 Å². The maximum Gasteiger partial charge on any atom is 0.341 e. The van der Waals surface area contributed by atoms with E-state index >= 15 is 0 Å². The highest BCUT2D eigenvalue weighted by Gasteiger charge is 2.09. The molecule has 6 heteroatoms. The summed E-state index contributed by atoms with van der Waals surface area (Å²) in [6.45, 7) is 0.0575. The smallest absolute Gasteiger partial charge is 0.341 e. The second-order valence-electron chi connectivity index (χ2n) is 3.51. The molecule has 18 heavy (non-hydrogen) atoms. The van der Waals surface area contributed by atoms with Crippen LogP contribution in [0.3, 0.4) is 0 Å². The van der Waals surface area contributed by atoms with E-state index in [0.717, 1.165) is 0 Å². The molecule has 0 amide bonds. The molecule has 1 heterocycles. The number of ether oxygens (including phenoxy) is 1. The van der Waals surface area contributed by atoms with E-state index in [2.05, 4.69) is 0 Å². The monoisotopic (exact) mass is 247 g/mol. The van der Waals surface area contributed by atoms with Gasteiger partial charge in [-0.1, -0.05) is 0 Å². The van der Waals surface area contributed by atoms with Gasteiger partial charge in [-0.15, -0.1) is 0 Å². The van der Waals surface area contributed by atoms with Gasteiger partial charge < -0.3 is 9.15 Å². The van der Waals surface area contributed by atoms with Gasteiger partial charge in [-0.05, 0) is 23.8 Å². The fourth-order valence-electron chi connectivity index (χ4n) is 1.33. The van der Waals surface area contributed by atoms with Crippen LogP contribution in [0.25, 0.3) is 0 Å². The summed E-state index contributed by atoms with van der Waals surface area (Å²) < 4.78 is 9.76. The number of carbonyl (C=O) groups excluding carboxylic acids is 1. The highest BCUT2D eigenvalue weighted by molar-refractivity contribution is 5.88. The topological polar surface area (TPSA) is 82.6 Å². The van der Waals surface area contributed by atoms with Crippen LogP contribution < -0.4 is 0 Å². The molecule has 2 rings (SSSR count). The molecule has 0 saturated heterocycles. The van der Waals surface area contributed by atoms with Gasteiger partial charge in [0.05, 0.1) is 16.7 Å². The fraction of sp³-hybridized carbons (Fsp3) is 0.0833. The van der Waals surface area contributed by atoms with Gasteiger partial charge in [-0.25, -0.2) is 4.79 Å². The molecule has 0 aliphatic heterocycles. The Morgan fingerprint density at radius 3 is 2.56 bits per heavy atom. The molecule has 0 fully saturated rings. The molecule has 0 aliphatic rings. The highest BCUT2D eigenvalue weighted by Crippen LogP contribution is 2.13. The Morgan fingerprint density at radius 2 is 2.00 bits per heavy atom. The van der Waals surface area contributed by atoms with Crippen molar-refractivity contribution in [1.82, 2.24) is 0 Å². The Labute approximate surface area is 102 Å². The SMILES string of the molecule is O=C(OCc1ccc([N+](=O)[O-])cc1)c1ccoc1. The van der Waals surface area contributed by atoms with Crippen molar-refractivity contribution in [2.24, 2.45) is 0 Å². The molecule has 1 aromatic heterocycles. The Hall–Kier alpha value is -2.63. The van der Waals surface area contributed by atoms with E-state index in [9.17, 15) is 14.9 Å². The standard InChI is InChI=1S/C12H9NO5/c14-12(10-5-6-17-8-10)18-7-9-1-3-11(4-2-9)13(15)16/h1-6,8H,7H2. The van der Waals surface area contributed by atoms with E-state index < -0.39 is 10.9 Å². The van der Waals surface area contributed by atoms with Crippen molar-refractivity contribution in [3.05, 3.63) is 64.1 Å². The van der Waals surface area contributed by atoms with Crippen LogP contribution >= 0.6 is 0 Å². The zero-order chi connectivity index (χ0) is 13.0. The number of nitrogens with zero attached hydrogens (tertiary/aromatic N) is 1. The van der Waals surface area contributed by atoms with Crippen molar-refractivity contribution in [2.75, 3.05) is 0 Å². The van der Waals surface area contributed by atoms with Crippen molar-refractivity contribution >= 4 is 11.7 Å². The molecule has 0 saturated carbocycles. The lowest BCUT2D eigenvalue weighted by Crippen LogP contribution is -2.03. The minimum atomic E-state index is -0.498. The average Bonchev–Trinajstić information content (AvgIpc) is 2.90. The number of esters is 1. The zero-order valence-corrected chi connectivity index (χ0v) is 9.24. The van der Waals surface area contributed by atoms with Crippen LogP contribution in [0.5, 0.6) is 0 Å². The van der Waals surface area contributed by atoms with Gasteiger partial charge in [0.25, 0.3) is 5.69 Å². The Bertz CT molecular complexity index is 544. The van der Waals surface area contributed by atoms with Gasteiger partial charge in [0.2, 0.25) is 0 Å². The van der Waals surface area contributed by atoms with Crippen molar-refractivity contribution in [3.63, 3.8) is 0 Å². The van der Waals surface area contributed by atoms with Gasteiger partial charge >= 0.3 is 5.97 Å². The molecule has 0 unspecified atom stereocenters. The summed E-state index contributed by atoms with van der Waals surface area (Å²) in [7, 11) is 0. The number of hydrogen-bond acceptors (Lipinski definition) is 5. The van der Waals surface area contributed by atoms with E-state index in [4.69, 9.17) is 9.15 Å². The first kappa shape index (κ1) is 11.8. The normalized spacial score (nSPS) is 10.0. The maximum absolute atomic E-state index is 11.5. The molecular formula is C12H9NO5. The van der Waals surface area contributed by atoms with E-state index in [0.29, 0.717) is 11.1 Å². The van der Waals surface area contributed by atoms with Crippen molar-refractivity contribution in [3.8, 4) is 0 Å².